The van der Waals surface area contributed by atoms with E-state index in [-0.39, 0.29) is 5.91 Å². The lowest BCUT2D eigenvalue weighted by Crippen LogP contribution is -2.37. The van der Waals surface area contributed by atoms with Gasteiger partial charge in [0.25, 0.3) is 5.91 Å². The number of nitrogens with one attached hydrogen (secondary N) is 2. The largest absolute Gasteiger partial charge is 0.370 e. The van der Waals surface area contributed by atoms with Crippen LogP contribution in [0.4, 0.5) is 5.82 Å². The van der Waals surface area contributed by atoms with Crippen molar-refractivity contribution in [2.24, 2.45) is 5.92 Å². The van der Waals surface area contributed by atoms with Crippen LogP contribution in [-0.2, 0) is 0 Å². The average Bonchev–Trinajstić information content (AvgIpc) is 3.49. The Bertz CT molecular complexity index is 968. The Labute approximate surface area is 164 Å². The standard InChI is InChI=1S/C22H25N5O/c28-22(17-5-6-20(25-13-17)24-12-15-3-4-15)27-10-7-16(8-11-27)19-14-26-21-18(19)2-1-9-23-21/h1-2,5-6,9,13-16H,3-4,7-8,10-12H2,(H,23,26)(H,24,25). The number of amides is 1. The topological polar surface area (TPSA) is 73.9 Å². The fraction of sp³-hybridized carbons (Fsp3) is 0.409. The highest BCUT2D eigenvalue weighted by Gasteiger charge is 2.26. The van der Waals surface area contributed by atoms with E-state index in [0.717, 1.165) is 49.9 Å². The Balaban J connectivity index is 1.20. The number of nitrogens with zero attached hydrogens (tertiary/aromatic N) is 3. The minimum absolute atomic E-state index is 0.0836. The third-order valence-electron chi connectivity index (χ3n) is 5.98. The summed E-state index contributed by atoms with van der Waals surface area (Å²) in [5.74, 6) is 2.21. The number of hydrogen-bond acceptors (Lipinski definition) is 4. The van der Waals surface area contributed by atoms with E-state index < -0.39 is 0 Å². The van der Waals surface area contributed by atoms with Gasteiger partial charge in [0, 0.05) is 43.6 Å². The number of H-pyrrole nitrogens is 1. The molecule has 6 nitrogen and oxygen atoms in total. The van der Waals surface area contributed by atoms with Gasteiger partial charge in [-0.15, -0.1) is 0 Å². The second-order valence-electron chi connectivity index (χ2n) is 7.97. The molecule has 2 aliphatic rings. The summed E-state index contributed by atoms with van der Waals surface area (Å²) in [7, 11) is 0. The van der Waals surface area contributed by atoms with Crippen molar-refractivity contribution in [1.29, 1.82) is 0 Å². The van der Waals surface area contributed by atoms with Crippen LogP contribution in [0.15, 0.2) is 42.9 Å². The maximum absolute atomic E-state index is 12.8. The lowest BCUT2D eigenvalue weighted by Gasteiger charge is -2.32. The van der Waals surface area contributed by atoms with Gasteiger partial charge in [0.05, 0.1) is 5.56 Å². The summed E-state index contributed by atoms with van der Waals surface area (Å²) in [6.45, 7) is 2.54. The van der Waals surface area contributed by atoms with E-state index in [0.29, 0.717) is 11.5 Å². The second-order valence-corrected chi connectivity index (χ2v) is 7.97. The number of hydrogen-bond donors (Lipinski definition) is 2. The van der Waals surface area contributed by atoms with Gasteiger partial charge in [-0.05, 0) is 67.3 Å². The highest BCUT2D eigenvalue weighted by molar-refractivity contribution is 5.94. The van der Waals surface area contributed by atoms with E-state index in [1.54, 1.807) is 6.20 Å². The predicted molar refractivity (Wildman–Crippen MR) is 109 cm³/mol. The molecule has 1 aliphatic carbocycles. The molecule has 4 heterocycles. The number of carbonyl (C=O) groups is 1. The van der Waals surface area contributed by atoms with Gasteiger partial charge >= 0.3 is 0 Å². The minimum atomic E-state index is 0.0836. The predicted octanol–water partition coefficient (Wildman–Crippen LogP) is 3.80. The normalized spacial score (nSPS) is 17.8. The van der Waals surface area contributed by atoms with Gasteiger partial charge in [0.2, 0.25) is 0 Å². The van der Waals surface area contributed by atoms with Crippen molar-refractivity contribution in [3.8, 4) is 0 Å². The maximum Gasteiger partial charge on any atom is 0.255 e. The van der Waals surface area contributed by atoms with Crippen LogP contribution in [0.5, 0.6) is 0 Å². The summed E-state index contributed by atoms with van der Waals surface area (Å²) in [6, 6.07) is 7.91. The number of aromatic amines is 1. The second kappa shape index (κ2) is 7.26. The highest BCUT2D eigenvalue weighted by Crippen LogP contribution is 2.33. The molecule has 0 radical (unpaired) electrons. The third kappa shape index (κ3) is 3.46. The van der Waals surface area contributed by atoms with Crippen molar-refractivity contribution in [3.05, 3.63) is 54.0 Å². The number of fused-ring (bicyclic) bond motifs is 1. The fourth-order valence-electron chi connectivity index (χ4n) is 4.09. The van der Waals surface area contributed by atoms with Crippen molar-refractivity contribution < 1.29 is 4.79 Å². The van der Waals surface area contributed by atoms with Crippen LogP contribution >= 0.6 is 0 Å². The van der Waals surface area contributed by atoms with Gasteiger partial charge in [0.15, 0.2) is 0 Å². The van der Waals surface area contributed by atoms with Crippen LogP contribution in [0.3, 0.4) is 0 Å². The first-order valence-electron chi connectivity index (χ1n) is 10.2. The Morgan fingerprint density at radius 3 is 2.75 bits per heavy atom. The molecule has 3 aromatic rings. The van der Waals surface area contributed by atoms with Gasteiger partial charge in [-0.25, -0.2) is 9.97 Å². The maximum atomic E-state index is 12.8. The van der Waals surface area contributed by atoms with E-state index >= 15 is 0 Å². The summed E-state index contributed by atoms with van der Waals surface area (Å²) in [5, 5.41) is 4.54. The molecule has 28 heavy (non-hydrogen) atoms. The average molecular weight is 375 g/mol. The van der Waals surface area contributed by atoms with Gasteiger partial charge in [-0.1, -0.05) is 0 Å². The molecule has 0 atom stereocenters. The van der Waals surface area contributed by atoms with Crippen molar-refractivity contribution in [1.82, 2.24) is 19.9 Å². The highest BCUT2D eigenvalue weighted by atomic mass is 16.2. The van der Waals surface area contributed by atoms with Crippen LogP contribution in [0, 0.1) is 5.92 Å². The van der Waals surface area contributed by atoms with Crippen LogP contribution < -0.4 is 5.32 Å². The van der Waals surface area contributed by atoms with Gasteiger partial charge < -0.3 is 15.2 Å². The fourth-order valence-corrected chi connectivity index (χ4v) is 4.09. The molecule has 2 N–H and O–H groups in total. The quantitative estimate of drug-likeness (QED) is 0.711. The first-order chi connectivity index (χ1) is 13.8. The van der Waals surface area contributed by atoms with Crippen LogP contribution in [0.25, 0.3) is 11.0 Å². The number of rotatable bonds is 5. The molecule has 0 bridgehead atoms. The summed E-state index contributed by atoms with van der Waals surface area (Å²) < 4.78 is 0. The van der Waals surface area contributed by atoms with Gasteiger partial charge in [-0.2, -0.15) is 0 Å². The number of anilines is 1. The molecule has 1 aliphatic heterocycles. The van der Waals surface area contributed by atoms with Gasteiger partial charge in [-0.3, -0.25) is 4.79 Å². The molecule has 6 heteroatoms. The summed E-state index contributed by atoms with van der Waals surface area (Å²) in [6.07, 6.45) is 10.2. The molecule has 3 aromatic heterocycles. The van der Waals surface area contributed by atoms with Crippen LogP contribution in [-0.4, -0.2) is 45.4 Å². The Morgan fingerprint density at radius 1 is 1.14 bits per heavy atom. The van der Waals surface area contributed by atoms with Crippen molar-refractivity contribution in [2.45, 2.75) is 31.6 Å². The molecule has 0 aromatic carbocycles. The van der Waals surface area contributed by atoms with Gasteiger partial charge in [0.1, 0.15) is 11.5 Å². The summed E-state index contributed by atoms with van der Waals surface area (Å²) in [4.78, 5) is 26.9. The number of likely N-dealkylation sites (tertiary alicyclic amines) is 1. The first-order valence-corrected chi connectivity index (χ1v) is 10.2. The Morgan fingerprint density at radius 2 is 2.00 bits per heavy atom. The van der Waals surface area contributed by atoms with Crippen LogP contribution in [0.2, 0.25) is 0 Å². The summed E-state index contributed by atoms with van der Waals surface area (Å²) in [5.41, 5.74) is 2.94. The molecular formula is C22H25N5O. The molecule has 5 rings (SSSR count). The molecule has 144 valence electrons. The van der Waals surface area contributed by atoms with E-state index in [4.69, 9.17) is 0 Å². The van der Waals surface area contributed by atoms with Crippen molar-refractivity contribution in [2.75, 3.05) is 25.0 Å². The number of carbonyl (C=O) groups excluding carboxylic acids is 1. The number of piperidine rings is 1. The number of aromatic nitrogens is 3. The monoisotopic (exact) mass is 375 g/mol. The minimum Gasteiger partial charge on any atom is -0.370 e. The molecule has 1 amide bonds. The number of pyridine rings is 2. The van der Waals surface area contributed by atoms with E-state index in [9.17, 15) is 4.79 Å². The van der Waals surface area contributed by atoms with Crippen molar-refractivity contribution >= 4 is 22.8 Å². The Hall–Kier alpha value is -2.89. The molecule has 1 saturated heterocycles. The lowest BCUT2D eigenvalue weighted by molar-refractivity contribution is 0.0713. The van der Waals surface area contributed by atoms with E-state index in [1.807, 2.05) is 29.3 Å². The third-order valence-corrected chi connectivity index (χ3v) is 5.98. The van der Waals surface area contributed by atoms with E-state index in [1.165, 1.54) is 23.8 Å². The molecular weight excluding hydrogens is 350 g/mol. The molecule has 0 unspecified atom stereocenters. The molecule has 2 fully saturated rings. The summed E-state index contributed by atoms with van der Waals surface area (Å²) >= 11 is 0. The SMILES string of the molecule is O=C(c1ccc(NCC2CC2)nc1)N1CCC(c2c[nH]c3ncccc23)CC1. The van der Waals surface area contributed by atoms with Crippen LogP contribution in [0.1, 0.15) is 47.5 Å². The lowest BCUT2D eigenvalue weighted by atomic mass is 9.89. The zero-order chi connectivity index (χ0) is 18.9. The zero-order valence-corrected chi connectivity index (χ0v) is 15.9. The smallest absolute Gasteiger partial charge is 0.255 e. The molecule has 1 saturated carbocycles. The molecule has 0 spiro atoms. The van der Waals surface area contributed by atoms with Crippen molar-refractivity contribution in [3.63, 3.8) is 0 Å². The first kappa shape index (κ1) is 17.2. The zero-order valence-electron chi connectivity index (χ0n) is 15.9. The van der Waals surface area contributed by atoms with E-state index in [2.05, 4.69) is 32.5 Å². The Kier molecular flexibility index (Phi) is 4.47.